The monoisotopic (exact) mass is 200 g/mol. The number of likely N-dealkylation sites (N-methyl/N-ethyl adjacent to an activating group) is 1. The van der Waals surface area contributed by atoms with Crippen LogP contribution in [-0.2, 0) is 4.74 Å². The van der Waals surface area contributed by atoms with Crippen molar-refractivity contribution in [1.29, 1.82) is 0 Å². The van der Waals surface area contributed by atoms with Gasteiger partial charge < -0.3 is 10.5 Å². The highest BCUT2D eigenvalue weighted by atomic mass is 16.5. The first-order chi connectivity index (χ1) is 6.57. The Kier molecular flexibility index (Phi) is 4.35. The van der Waals surface area contributed by atoms with Crippen molar-refractivity contribution < 1.29 is 4.74 Å². The highest BCUT2D eigenvalue weighted by molar-refractivity contribution is 4.86. The van der Waals surface area contributed by atoms with Gasteiger partial charge in [0, 0.05) is 25.2 Å². The lowest BCUT2D eigenvalue weighted by molar-refractivity contribution is 0.0589. The molecule has 0 saturated carbocycles. The lowest BCUT2D eigenvalue weighted by atomic mass is 9.99. The van der Waals surface area contributed by atoms with Crippen molar-refractivity contribution in [2.45, 2.75) is 45.4 Å². The van der Waals surface area contributed by atoms with Gasteiger partial charge in [-0.25, -0.2) is 0 Å². The van der Waals surface area contributed by atoms with E-state index in [-0.39, 0.29) is 0 Å². The molecular formula is C11H24N2O. The Bertz CT molecular complexity index is 171. The van der Waals surface area contributed by atoms with E-state index in [0.717, 1.165) is 19.6 Å². The summed E-state index contributed by atoms with van der Waals surface area (Å²) in [6.45, 7) is 8.24. The van der Waals surface area contributed by atoms with Crippen LogP contribution in [0.25, 0.3) is 0 Å². The van der Waals surface area contributed by atoms with E-state index < -0.39 is 0 Å². The second kappa shape index (κ2) is 5.10. The van der Waals surface area contributed by atoms with Gasteiger partial charge in [-0.05, 0) is 26.3 Å². The van der Waals surface area contributed by atoms with Gasteiger partial charge in [0.15, 0.2) is 0 Å². The Morgan fingerprint density at radius 3 is 2.50 bits per heavy atom. The Morgan fingerprint density at radius 2 is 2.14 bits per heavy atom. The number of rotatable bonds is 4. The largest absolute Gasteiger partial charge is 0.377 e. The van der Waals surface area contributed by atoms with Crippen LogP contribution in [0.2, 0.25) is 0 Å². The highest BCUT2D eigenvalue weighted by Gasteiger charge is 2.32. The Labute approximate surface area is 87.6 Å². The predicted octanol–water partition coefficient (Wildman–Crippen LogP) is 1.08. The van der Waals surface area contributed by atoms with Crippen molar-refractivity contribution in [3.05, 3.63) is 0 Å². The Hall–Kier alpha value is -0.120. The summed E-state index contributed by atoms with van der Waals surface area (Å²) in [6.07, 6.45) is 1.49. The van der Waals surface area contributed by atoms with Crippen LogP contribution in [0.5, 0.6) is 0 Å². The van der Waals surface area contributed by atoms with Gasteiger partial charge >= 0.3 is 0 Å². The summed E-state index contributed by atoms with van der Waals surface area (Å²) in [7, 11) is 2.17. The van der Waals surface area contributed by atoms with Crippen LogP contribution >= 0.6 is 0 Å². The second-order valence-electron chi connectivity index (χ2n) is 4.64. The lowest BCUT2D eigenvalue weighted by Gasteiger charge is -2.36. The lowest BCUT2D eigenvalue weighted by Crippen LogP contribution is -2.49. The van der Waals surface area contributed by atoms with Crippen molar-refractivity contribution in [1.82, 2.24) is 4.90 Å². The normalized spacial score (nSPS) is 30.2. The smallest absolute Gasteiger partial charge is 0.0703 e. The van der Waals surface area contributed by atoms with E-state index in [1.54, 1.807) is 0 Å². The molecule has 3 atom stereocenters. The molecule has 0 aromatic heterocycles. The fourth-order valence-electron chi connectivity index (χ4n) is 2.41. The molecule has 0 bridgehead atoms. The molecule has 1 saturated heterocycles. The summed E-state index contributed by atoms with van der Waals surface area (Å²) < 4.78 is 5.58. The maximum atomic E-state index is 5.81. The molecular weight excluding hydrogens is 176 g/mol. The summed E-state index contributed by atoms with van der Waals surface area (Å²) in [5, 5.41) is 0. The molecule has 2 N–H and O–H groups in total. The molecule has 0 spiro atoms. The van der Waals surface area contributed by atoms with Crippen LogP contribution in [0.1, 0.15) is 27.2 Å². The summed E-state index contributed by atoms with van der Waals surface area (Å²) in [6, 6.07) is 1.02. The Balaban J connectivity index is 2.57. The first-order valence-electron chi connectivity index (χ1n) is 5.61. The van der Waals surface area contributed by atoms with Crippen molar-refractivity contribution in [2.75, 3.05) is 20.2 Å². The maximum absolute atomic E-state index is 5.81. The quantitative estimate of drug-likeness (QED) is 0.738. The minimum Gasteiger partial charge on any atom is -0.377 e. The van der Waals surface area contributed by atoms with Crippen molar-refractivity contribution >= 4 is 0 Å². The summed E-state index contributed by atoms with van der Waals surface area (Å²) in [5.41, 5.74) is 5.81. The van der Waals surface area contributed by atoms with Crippen molar-refractivity contribution in [2.24, 2.45) is 11.7 Å². The molecule has 14 heavy (non-hydrogen) atoms. The zero-order chi connectivity index (χ0) is 10.7. The number of ether oxygens (including phenoxy) is 1. The van der Waals surface area contributed by atoms with Gasteiger partial charge in [0.05, 0.1) is 6.10 Å². The average molecular weight is 200 g/mol. The molecule has 84 valence electrons. The molecule has 0 radical (unpaired) electrons. The third-order valence-electron chi connectivity index (χ3n) is 3.39. The van der Waals surface area contributed by atoms with Crippen LogP contribution in [0.15, 0.2) is 0 Å². The number of nitrogens with zero attached hydrogens (tertiary/aromatic N) is 1. The molecule has 0 aliphatic carbocycles. The first-order valence-corrected chi connectivity index (χ1v) is 5.61. The molecule has 1 fully saturated rings. The molecule has 1 aliphatic heterocycles. The highest BCUT2D eigenvalue weighted by Crippen LogP contribution is 2.22. The maximum Gasteiger partial charge on any atom is 0.0703 e. The van der Waals surface area contributed by atoms with Gasteiger partial charge in [0.1, 0.15) is 0 Å². The number of nitrogens with two attached hydrogens (primary N) is 1. The van der Waals surface area contributed by atoms with Gasteiger partial charge in [0.2, 0.25) is 0 Å². The van der Waals surface area contributed by atoms with E-state index >= 15 is 0 Å². The first kappa shape index (κ1) is 12.0. The molecule has 3 unspecified atom stereocenters. The van der Waals surface area contributed by atoms with Crippen LogP contribution in [0.4, 0.5) is 0 Å². The SMILES string of the molecule is CC(C)C(CN)N(C)C1CCOC1C. The zero-order valence-corrected chi connectivity index (χ0v) is 9.86. The number of hydrogen-bond acceptors (Lipinski definition) is 3. The van der Waals surface area contributed by atoms with Gasteiger partial charge in [-0.3, -0.25) is 4.90 Å². The van der Waals surface area contributed by atoms with E-state index in [1.807, 2.05) is 0 Å². The standard InChI is InChI=1S/C11H24N2O/c1-8(2)11(7-12)13(4)10-5-6-14-9(10)3/h8-11H,5-7,12H2,1-4H3. The van der Waals surface area contributed by atoms with E-state index in [9.17, 15) is 0 Å². The van der Waals surface area contributed by atoms with E-state index in [0.29, 0.717) is 24.1 Å². The van der Waals surface area contributed by atoms with E-state index in [1.165, 1.54) is 0 Å². The second-order valence-corrected chi connectivity index (χ2v) is 4.64. The van der Waals surface area contributed by atoms with Gasteiger partial charge in [-0.2, -0.15) is 0 Å². The molecule has 0 amide bonds. The summed E-state index contributed by atoms with van der Waals surface area (Å²) >= 11 is 0. The van der Waals surface area contributed by atoms with Gasteiger partial charge in [-0.15, -0.1) is 0 Å². The third-order valence-corrected chi connectivity index (χ3v) is 3.39. The van der Waals surface area contributed by atoms with E-state index in [2.05, 4.69) is 32.7 Å². The molecule has 1 rings (SSSR count). The molecule has 1 heterocycles. The van der Waals surface area contributed by atoms with Crippen LogP contribution in [0, 0.1) is 5.92 Å². The molecule has 3 heteroatoms. The van der Waals surface area contributed by atoms with Crippen molar-refractivity contribution in [3.63, 3.8) is 0 Å². The van der Waals surface area contributed by atoms with Gasteiger partial charge in [0.25, 0.3) is 0 Å². The topological polar surface area (TPSA) is 38.5 Å². The fourth-order valence-corrected chi connectivity index (χ4v) is 2.41. The Morgan fingerprint density at radius 1 is 1.50 bits per heavy atom. The van der Waals surface area contributed by atoms with Crippen molar-refractivity contribution in [3.8, 4) is 0 Å². The third kappa shape index (κ3) is 2.47. The average Bonchev–Trinajstić information content (AvgIpc) is 2.51. The van der Waals surface area contributed by atoms with Crippen LogP contribution < -0.4 is 5.73 Å². The van der Waals surface area contributed by atoms with Crippen LogP contribution in [0.3, 0.4) is 0 Å². The summed E-state index contributed by atoms with van der Waals surface area (Å²) in [4.78, 5) is 2.41. The zero-order valence-electron chi connectivity index (χ0n) is 9.86. The fraction of sp³-hybridized carbons (Fsp3) is 1.00. The molecule has 0 aromatic carbocycles. The minimum atomic E-state index is 0.354. The van der Waals surface area contributed by atoms with E-state index in [4.69, 9.17) is 10.5 Å². The summed E-state index contributed by atoms with van der Waals surface area (Å²) in [5.74, 6) is 0.609. The number of hydrogen-bond donors (Lipinski definition) is 1. The predicted molar refractivity (Wildman–Crippen MR) is 59.3 cm³/mol. The molecule has 0 aromatic rings. The minimum absolute atomic E-state index is 0.354. The molecule has 3 nitrogen and oxygen atoms in total. The van der Waals surface area contributed by atoms with Gasteiger partial charge in [-0.1, -0.05) is 13.8 Å². The van der Waals surface area contributed by atoms with Crippen LogP contribution in [-0.4, -0.2) is 43.3 Å². The molecule has 1 aliphatic rings.